The molecule has 1 amide bonds. The molecule has 1 aromatic rings. The summed E-state index contributed by atoms with van der Waals surface area (Å²) in [5, 5.41) is 2.85. The minimum absolute atomic E-state index is 0.136. The molecule has 0 aliphatic heterocycles. The number of benzene rings is 1. The molecular formula is C10H10NOS-. The van der Waals surface area contributed by atoms with Gasteiger partial charge in [-0.3, -0.25) is 4.79 Å². The quantitative estimate of drug-likeness (QED) is 0.725. The maximum absolute atomic E-state index is 11.3. The summed E-state index contributed by atoms with van der Waals surface area (Å²) >= 11 is 4.94. The van der Waals surface area contributed by atoms with E-state index >= 15 is 0 Å². The second-order valence-electron chi connectivity index (χ2n) is 3.29. The third kappa shape index (κ3) is 2.18. The van der Waals surface area contributed by atoms with E-state index in [1.165, 1.54) is 0 Å². The van der Waals surface area contributed by atoms with Crippen LogP contribution in [0, 0.1) is 5.92 Å². The molecule has 0 bridgehead atoms. The average Bonchev–Trinajstić information content (AvgIpc) is 2.91. The number of amides is 1. The Morgan fingerprint density at radius 1 is 1.31 bits per heavy atom. The van der Waals surface area contributed by atoms with E-state index in [1.807, 2.05) is 24.3 Å². The smallest absolute Gasteiger partial charge is 0.227 e. The Labute approximate surface area is 82.8 Å². The van der Waals surface area contributed by atoms with Gasteiger partial charge in [-0.25, -0.2) is 0 Å². The molecule has 1 saturated carbocycles. The van der Waals surface area contributed by atoms with E-state index in [-0.39, 0.29) is 11.8 Å². The Hall–Kier alpha value is -1.09. The van der Waals surface area contributed by atoms with Crippen LogP contribution in [0.25, 0.3) is 0 Å². The van der Waals surface area contributed by atoms with Gasteiger partial charge in [-0.15, -0.1) is 0 Å². The van der Waals surface area contributed by atoms with Crippen molar-refractivity contribution in [3.05, 3.63) is 24.3 Å². The number of anilines is 1. The van der Waals surface area contributed by atoms with Crippen molar-refractivity contribution in [2.24, 2.45) is 5.92 Å². The second kappa shape index (κ2) is 3.34. The highest BCUT2D eigenvalue weighted by atomic mass is 32.1. The molecule has 1 N–H and O–H groups in total. The average molecular weight is 192 g/mol. The van der Waals surface area contributed by atoms with Crippen molar-refractivity contribution in [2.75, 3.05) is 5.32 Å². The van der Waals surface area contributed by atoms with Crippen LogP contribution in [0.5, 0.6) is 0 Å². The first kappa shape index (κ1) is 8.51. The van der Waals surface area contributed by atoms with Crippen LogP contribution in [0.2, 0.25) is 0 Å². The van der Waals surface area contributed by atoms with E-state index in [2.05, 4.69) is 5.32 Å². The third-order valence-corrected chi connectivity index (χ3v) is 2.34. The topological polar surface area (TPSA) is 29.1 Å². The Morgan fingerprint density at radius 2 is 1.92 bits per heavy atom. The predicted molar refractivity (Wildman–Crippen MR) is 53.4 cm³/mol. The van der Waals surface area contributed by atoms with Crippen molar-refractivity contribution in [1.82, 2.24) is 0 Å². The van der Waals surface area contributed by atoms with Crippen molar-refractivity contribution in [3.8, 4) is 0 Å². The van der Waals surface area contributed by atoms with Gasteiger partial charge in [0.1, 0.15) is 0 Å². The molecule has 1 aliphatic carbocycles. The highest BCUT2D eigenvalue weighted by Gasteiger charge is 2.29. The maximum Gasteiger partial charge on any atom is 0.227 e. The minimum atomic E-state index is 0.136. The molecule has 68 valence electrons. The predicted octanol–water partition coefficient (Wildman–Crippen LogP) is 1.94. The molecule has 0 saturated heterocycles. The van der Waals surface area contributed by atoms with Crippen LogP contribution in [-0.2, 0) is 17.4 Å². The lowest BCUT2D eigenvalue weighted by Gasteiger charge is -2.07. The molecule has 2 rings (SSSR count). The van der Waals surface area contributed by atoms with Gasteiger partial charge in [-0.1, -0.05) is 12.1 Å². The fraction of sp³-hybridized carbons (Fsp3) is 0.300. The molecule has 3 heteroatoms. The van der Waals surface area contributed by atoms with Crippen molar-refractivity contribution in [3.63, 3.8) is 0 Å². The standard InChI is InChI=1S/C10H11NOS/c12-10(7-1-2-7)11-8-3-5-9(13)6-4-8/h3-7,13H,1-2H2,(H,11,12)/p-1. The molecule has 0 radical (unpaired) electrons. The summed E-state index contributed by atoms with van der Waals surface area (Å²) < 4.78 is 0. The van der Waals surface area contributed by atoms with Gasteiger partial charge in [0.05, 0.1) is 0 Å². The molecule has 1 aromatic carbocycles. The first-order chi connectivity index (χ1) is 6.25. The number of carbonyl (C=O) groups excluding carboxylic acids is 1. The summed E-state index contributed by atoms with van der Waals surface area (Å²) in [6.07, 6.45) is 2.07. The second-order valence-corrected chi connectivity index (χ2v) is 3.76. The first-order valence-electron chi connectivity index (χ1n) is 4.33. The van der Waals surface area contributed by atoms with Gasteiger partial charge in [0.2, 0.25) is 5.91 Å². The van der Waals surface area contributed by atoms with Crippen molar-refractivity contribution >= 4 is 24.2 Å². The van der Waals surface area contributed by atoms with Gasteiger partial charge in [0, 0.05) is 11.6 Å². The molecular weight excluding hydrogens is 182 g/mol. The number of hydrogen-bond donors (Lipinski definition) is 1. The monoisotopic (exact) mass is 192 g/mol. The maximum atomic E-state index is 11.3. The van der Waals surface area contributed by atoms with Crippen LogP contribution in [0.15, 0.2) is 29.2 Å². The van der Waals surface area contributed by atoms with E-state index in [0.29, 0.717) is 0 Å². The van der Waals surface area contributed by atoms with Crippen LogP contribution >= 0.6 is 0 Å². The van der Waals surface area contributed by atoms with Gasteiger partial charge < -0.3 is 17.9 Å². The molecule has 13 heavy (non-hydrogen) atoms. The summed E-state index contributed by atoms with van der Waals surface area (Å²) in [5.41, 5.74) is 0.838. The zero-order valence-corrected chi connectivity index (χ0v) is 7.93. The highest BCUT2D eigenvalue weighted by molar-refractivity contribution is 7.58. The van der Waals surface area contributed by atoms with E-state index in [4.69, 9.17) is 12.6 Å². The van der Waals surface area contributed by atoms with Crippen molar-refractivity contribution in [1.29, 1.82) is 0 Å². The summed E-state index contributed by atoms with van der Waals surface area (Å²) in [7, 11) is 0. The van der Waals surface area contributed by atoms with Gasteiger partial charge in [0.25, 0.3) is 0 Å². The van der Waals surface area contributed by atoms with E-state index < -0.39 is 0 Å². The SMILES string of the molecule is O=C(Nc1ccc([S-])cc1)C1CC1. The normalized spacial score (nSPS) is 15.4. The van der Waals surface area contributed by atoms with Crippen molar-refractivity contribution < 1.29 is 4.79 Å². The van der Waals surface area contributed by atoms with E-state index in [0.717, 1.165) is 23.4 Å². The number of hydrogen-bond acceptors (Lipinski definition) is 2. The fourth-order valence-electron chi connectivity index (χ4n) is 1.13. The van der Waals surface area contributed by atoms with Crippen LogP contribution in [0.1, 0.15) is 12.8 Å². The Morgan fingerprint density at radius 3 is 2.46 bits per heavy atom. The molecule has 0 aromatic heterocycles. The highest BCUT2D eigenvalue weighted by Crippen LogP contribution is 2.30. The Bertz CT molecular complexity index is 316. The number of carbonyl (C=O) groups is 1. The van der Waals surface area contributed by atoms with Crippen LogP contribution in [-0.4, -0.2) is 5.91 Å². The zero-order chi connectivity index (χ0) is 9.26. The summed E-state index contributed by atoms with van der Waals surface area (Å²) in [4.78, 5) is 12.1. The summed E-state index contributed by atoms with van der Waals surface area (Å²) in [6, 6.07) is 7.31. The van der Waals surface area contributed by atoms with Crippen LogP contribution < -0.4 is 5.32 Å². The van der Waals surface area contributed by atoms with Crippen LogP contribution in [0.3, 0.4) is 0 Å². The fourth-order valence-corrected chi connectivity index (χ4v) is 1.26. The minimum Gasteiger partial charge on any atom is -0.780 e. The number of nitrogens with one attached hydrogen (secondary N) is 1. The molecule has 0 heterocycles. The van der Waals surface area contributed by atoms with Crippen molar-refractivity contribution in [2.45, 2.75) is 17.7 Å². The van der Waals surface area contributed by atoms with E-state index in [1.54, 1.807) is 0 Å². The van der Waals surface area contributed by atoms with E-state index in [9.17, 15) is 4.79 Å². The van der Waals surface area contributed by atoms with Gasteiger partial charge in [0.15, 0.2) is 0 Å². The van der Waals surface area contributed by atoms with Crippen LogP contribution in [0.4, 0.5) is 5.69 Å². The molecule has 0 spiro atoms. The molecule has 1 aliphatic rings. The molecule has 0 atom stereocenters. The molecule has 2 nitrogen and oxygen atoms in total. The lowest BCUT2D eigenvalue weighted by molar-refractivity contribution is -0.117. The first-order valence-corrected chi connectivity index (χ1v) is 4.74. The third-order valence-electron chi connectivity index (χ3n) is 2.07. The lowest BCUT2D eigenvalue weighted by Crippen LogP contribution is -2.12. The molecule has 1 fully saturated rings. The van der Waals surface area contributed by atoms with Gasteiger partial charge in [-0.05, 0) is 25.0 Å². The lowest BCUT2D eigenvalue weighted by atomic mass is 10.3. The largest absolute Gasteiger partial charge is 0.780 e. The molecule has 0 unspecified atom stereocenters. The zero-order valence-electron chi connectivity index (χ0n) is 7.12. The summed E-state index contributed by atoms with van der Waals surface area (Å²) in [6.45, 7) is 0. The van der Waals surface area contributed by atoms with Gasteiger partial charge in [-0.2, -0.15) is 4.90 Å². The summed E-state index contributed by atoms with van der Waals surface area (Å²) in [5.74, 6) is 0.389. The Balaban J connectivity index is 2.00. The Kier molecular flexibility index (Phi) is 2.19. The number of rotatable bonds is 2. The van der Waals surface area contributed by atoms with Gasteiger partial charge >= 0.3 is 0 Å².